The van der Waals surface area contributed by atoms with Gasteiger partial charge in [0.05, 0.1) is 18.4 Å². The summed E-state index contributed by atoms with van der Waals surface area (Å²) in [4.78, 5) is 24.3. The van der Waals surface area contributed by atoms with Crippen LogP contribution in [0.4, 0.5) is 0 Å². The lowest BCUT2D eigenvalue weighted by Crippen LogP contribution is -2.36. The van der Waals surface area contributed by atoms with Gasteiger partial charge in [0.2, 0.25) is 0 Å². The van der Waals surface area contributed by atoms with Gasteiger partial charge >= 0.3 is 11.9 Å². The molecule has 0 aromatic heterocycles. The first-order valence-electron chi connectivity index (χ1n) is 7.70. The zero-order valence-electron chi connectivity index (χ0n) is 12.8. The SMILES string of the molecule is COc1ccc2c(c1)CCC1=C2CCC2(C)C(=O)OC(=O)C12. The Morgan fingerprint density at radius 2 is 2.05 bits per heavy atom. The molecule has 1 aliphatic heterocycles. The fourth-order valence-electron chi connectivity index (χ4n) is 4.21. The van der Waals surface area contributed by atoms with Crippen LogP contribution < -0.4 is 4.74 Å². The number of esters is 2. The van der Waals surface area contributed by atoms with Crippen molar-refractivity contribution in [3.63, 3.8) is 0 Å². The van der Waals surface area contributed by atoms with Crippen LogP contribution in [0.3, 0.4) is 0 Å². The maximum atomic E-state index is 12.2. The van der Waals surface area contributed by atoms with E-state index in [4.69, 9.17) is 9.47 Å². The quantitative estimate of drug-likeness (QED) is 0.591. The van der Waals surface area contributed by atoms with Crippen LogP contribution in [0.25, 0.3) is 5.57 Å². The maximum absolute atomic E-state index is 12.2. The number of hydrogen-bond donors (Lipinski definition) is 0. The molecule has 0 N–H and O–H groups in total. The lowest BCUT2D eigenvalue weighted by Gasteiger charge is -2.37. The Hall–Kier alpha value is -2.10. The number of rotatable bonds is 1. The summed E-state index contributed by atoms with van der Waals surface area (Å²) in [7, 11) is 1.67. The van der Waals surface area contributed by atoms with Crippen LogP contribution in [-0.4, -0.2) is 19.0 Å². The predicted molar refractivity (Wildman–Crippen MR) is 80.2 cm³/mol. The number of ether oxygens (including phenoxy) is 2. The van der Waals surface area contributed by atoms with Gasteiger partial charge in [-0.2, -0.15) is 0 Å². The molecule has 1 fully saturated rings. The highest BCUT2D eigenvalue weighted by Crippen LogP contribution is 2.54. The molecule has 0 spiro atoms. The number of carbonyl (C=O) groups is 2. The van der Waals surface area contributed by atoms with E-state index in [2.05, 4.69) is 12.1 Å². The van der Waals surface area contributed by atoms with Crippen LogP contribution in [0.2, 0.25) is 0 Å². The molecule has 2 aliphatic carbocycles. The third kappa shape index (κ3) is 1.64. The van der Waals surface area contributed by atoms with E-state index in [1.54, 1.807) is 7.11 Å². The van der Waals surface area contributed by atoms with Crippen molar-refractivity contribution >= 4 is 17.5 Å². The number of fused-ring (bicyclic) bond motifs is 4. The van der Waals surface area contributed by atoms with Gasteiger partial charge in [0.1, 0.15) is 5.75 Å². The Morgan fingerprint density at radius 1 is 1.23 bits per heavy atom. The van der Waals surface area contributed by atoms with E-state index in [1.807, 2.05) is 13.0 Å². The van der Waals surface area contributed by atoms with Gasteiger partial charge in [-0.1, -0.05) is 11.6 Å². The lowest BCUT2D eigenvalue weighted by molar-refractivity contribution is -0.155. The van der Waals surface area contributed by atoms with Crippen LogP contribution in [0.1, 0.15) is 37.3 Å². The van der Waals surface area contributed by atoms with E-state index >= 15 is 0 Å². The molecule has 3 aliphatic rings. The molecule has 0 radical (unpaired) electrons. The molecule has 4 heteroatoms. The summed E-state index contributed by atoms with van der Waals surface area (Å²) in [6.07, 6.45) is 3.19. The monoisotopic (exact) mass is 298 g/mol. The Morgan fingerprint density at radius 3 is 2.82 bits per heavy atom. The fourth-order valence-corrected chi connectivity index (χ4v) is 4.21. The zero-order chi connectivity index (χ0) is 15.5. The lowest BCUT2D eigenvalue weighted by atomic mass is 9.62. The van der Waals surface area contributed by atoms with Crippen molar-refractivity contribution < 1.29 is 19.1 Å². The highest BCUT2D eigenvalue weighted by Gasteiger charge is 2.58. The molecule has 4 nitrogen and oxygen atoms in total. The summed E-state index contributed by atoms with van der Waals surface area (Å²) in [5.74, 6) is -0.246. The van der Waals surface area contributed by atoms with Gasteiger partial charge in [-0.25, -0.2) is 0 Å². The maximum Gasteiger partial charge on any atom is 0.321 e. The van der Waals surface area contributed by atoms with E-state index < -0.39 is 5.41 Å². The Balaban J connectivity index is 1.85. The number of benzene rings is 1. The molecule has 2 unspecified atom stereocenters. The number of hydrogen-bond acceptors (Lipinski definition) is 4. The van der Waals surface area contributed by atoms with Crippen LogP contribution in [0.15, 0.2) is 23.8 Å². The molecule has 1 aromatic carbocycles. The zero-order valence-corrected chi connectivity index (χ0v) is 12.8. The molecule has 1 aromatic rings. The second kappa shape index (κ2) is 4.45. The van der Waals surface area contributed by atoms with Gasteiger partial charge in [-0.15, -0.1) is 0 Å². The molecule has 4 rings (SSSR count). The molecule has 0 saturated carbocycles. The standard InChI is InChI=1S/C18H18O4/c1-18-8-7-13-12-6-4-11(21-2)9-10(12)3-5-14(13)15(18)16(19)22-17(18)20/h4,6,9,15H,3,5,7-8H2,1-2H3. The first-order valence-corrected chi connectivity index (χ1v) is 7.70. The van der Waals surface area contributed by atoms with E-state index in [1.165, 1.54) is 16.7 Å². The van der Waals surface area contributed by atoms with Gasteiger partial charge < -0.3 is 9.47 Å². The summed E-state index contributed by atoms with van der Waals surface area (Å²) in [6.45, 7) is 1.87. The molecule has 22 heavy (non-hydrogen) atoms. The fraction of sp³-hybridized carbons (Fsp3) is 0.444. The van der Waals surface area contributed by atoms with E-state index in [9.17, 15) is 9.59 Å². The third-order valence-electron chi connectivity index (χ3n) is 5.46. The normalized spacial score (nSPS) is 29.6. The van der Waals surface area contributed by atoms with Crippen LogP contribution in [0, 0.1) is 11.3 Å². The van der Waals surface area contributed by atoms with Gasteiger partial charge in [-0.05, 0) is 61.4 Å². The Labute approximate surface area is 129 Å². The van der Waals surface area contributed by atoms with E-state index in [-0.39, 0.29) is 17.9 Å². The van der Waals surface area contributed by atoms with Gasteiger partial charge in [0.15, 0.2) is 0 Å². The molecule has 0 amide bonds. The van der Waals surface area contributed by atoms with Crippen molar-refractivity contribution in [1.29, 1.82) is 0 Å². The van der Waals surface area contributed by atoms with Crippen molar-refractivity contribution in [1.82, 2.24) is 0 Å². The third-order valence-corrected chi connectivity index (χ3v) is 5.46. The predicted octanol–water partition coefficient (Wildman–Crippen LogP) is 2.89. The van der Waals surface area contributed by atoms with Crippen molar-refractivity contribution in [2.75, 3.05) is 7.11 Å². The van der Waals surface area contributed by atoms with Crippen molar-refractivity contribution in [2.24, 2.45) is 11.3 Å². The van der Waals surface area contributed by atoms with E-state index in [0.29, 0.717) is 6.42 Å². The first kappa shape index (κ1) is 13.6. The van der Waals surface area contributed by atoms with Crippen LogP contribution in [0.5, 0.6) is 5.75 Å². The summed E-state index contributed by atoms with van der Waals surface area (Å²) >= 11 is 0. The average Bonchev–Trinajstić information content (AvgIpc) is 2.76. The average molecular weight is 298 g/mol. The number of allylic oxidation sites excluding steroid dienone is 1. The minimum atomic E-state index is -0.667. The largest absolute Gasteiger partial charge is 0.497 e. The Kier molecular flexibility index (Phi) is 2.74. The highest BCUT2D eigenvalue weighted by atomic mass is 16.6. The second-order valence-electron chi connectivity index (χ2n) is 6.59. The summed E-state index contributed by atoms with van der Waals surface area (Å²) < 4.78 is 10.3. The molecule has 114 valence electrons. The minimum absolute atomic E-state index is 0.352. The van der Waals surface area contributed by atoms with Gasteiger partial charge in [0.25, 0.3) is 0 Å². The molecule has 1 heterocycles. The van der Waals surface area contributed by atoms with Crippen LogP contribution >= 0.6 is 0 Å². The number of aryl methyl sites for hydroxylation is 1. The molecule has 0 bridgehead atoms. The van der Waals surface area contributed by atoms with Gasteiger partial charge in [-0.3, -0.25) is 9.59 Å². The number of cyclic esters (lactones) is 2. The molecule has 2 atom stereocenters. The van der Waals surface area contributed by atoms with Crippen molar-refractivity contribution in [2.45, 2.75) is 32.6 Å². The summed E-state index contributed by atoms with van der Waals surface area (Å²) in [5, 5.41) is 0. The molecular formula is C18H18O4. The smallest absolute Gasteiger partial charge is 0.321 e. The Bertz CT molecular complexity index is 731. The van der Waals surface area contributed by atoms with Gasteiger partial charge in [0, 0.05) is 0 Å². The van der Waals surface area contributed by atoms with E-state index in [0.717, 1.165) is 30.6 Å². The summed E-state index contributed by atoms with van der Waals surface area (Å²) in [5.41, 5.74) is 4.15. The minimum Gasteiger partial charge on any atom is -0.497 e. The second-order valence-corrected chi connectivity index (χ2v) is 6.59. The van der Waals surface area contributed by atoms with Crippen LogP contribution in [-0.2, 0) is 20.7 Å². The molecule has 1 saturated heterocycles. The highest BCUT2D eigenvalue weighted by molar-refractivity contribution is 6.02. The first-order chi connectivity index (χ1) is 10.5. The number of carbonyl (C=O) groups excluding carboxylic acids is 2. The van der Waals surface area contributed by atoms with Crippen molar-refractivity contribution in [3.05, 3.63) is 34.9 Å². The van der Waals surface area contributed by atoms with Crippen molar-refractivity contribution in [3.8, 4) is 5.75 Å². The topological polar surface area (TPSA) is 52.6 Å². The number of methoxy groups -OCH3 is 1. The molecular weight excluding hydrogens is 280 g/mol. The summed E-state index contributed by atoms with van der Waals surface area (Å²) in [6, 6.07) is 6.11.